The van der Waals surface area contributed by atoms with Gasteiger partial charge in [0.15, 0.2) is 11.5 Å². The van der Waals surface area contributed by atoms with E-state index in [2.05, 4.69) is 31.4 Å². The maximum atomic E-state index is 12.3. The van der Waals surface area contributed by atoms with Gasteiger partial charge >= 0.3 is 11.8 Å². The van der Waals surface area contributed by atoms with Gasteiger partial charge in [0.25, 0.3) is 0 Å². The lowest BCUT2D eigenvalue weighted by atomic mass is 9.86. The minimum Gasteiger partial charge on any atom is -0.493 e. The molecule has 6 nitrogen and oxygen atoms in total. The molecule has 0 aliphatic heterocycles. The number of para-hydroxylation sites is 1. The summed E-state index contributed by atoms with van der Waals surface area (Å²) in [6.45, 7) is 6.51. The largest absolute Gasteiger partial charge is 0.493 e. The molecule has 0 saturated carbocycles. The first-order valence-corrected chi connectivity index (χ1v) is 9.16. The van der Waals surface area contributed by atoms with E-state index in [1.54, 1.807) is 20.3 Å². The summed E-state index contributed by atoms with van der Waals surface area (Å²) in [5.41, 5.74) is 2.45. The molecule has 2 aromatic carbocycles. The number of rotatable bonds is 6. The summed E-state index contributed by atoms with van der Waals surface area (Å²) in [5, 5.41) is 5.36. The average Bonchev–Trinajstić information content (AvgIpc) is 2.67. The van der Waals surface area contributed by atoms with Crippen LogP contribution in [0.1, 0.15) is 31.9 Å². The molecule has 6 heteroatoms. The summed E-state index contributed by atoms with van der Waals surface area (Å²) in [7, 11) is 3.15. The van der Waals surface area contributed by atoms with Crippen LogP contribution >= 0.6 is 0 Å². The Morgan fingerprint density at radius 1 is 0.929 bits per heavy atom. The first kappa shape index (κ1) is 21.3. The second-order valence-corrected chi connectivity index (χ2v) is 7.44. The third-order valence-electron chi connectivity index (χ3n) is 4.34. The van der Waals surface area contributed by atoms with Gasteiger partial charge in [-0.25, -0.2) is 0 Å². The lowest BCUT2D eigenvalue weighted by molar-refractivity contribution is -0.136. The average molecular weight is 384 g/mol. The minimum absolute atomic E-state index is 0.145. The van der Waals surface area contributed by atoms with E-state index in [1.807, 2.05) is 36.4 Å². The highest BCUT2D eigenvalue weighted by Gasteiger charge is 2.20. The zero-order valence-electron chi connectivity index (χ0n) is 17.1. The summed E-state index contributed by atoms with van der Waals surface area (Å²) in [6.07, 6.45) is 0.567. The number of amides is 2. The minimum atomic E-state index is -0.677. The summed E-state index contributed by atoms with van der Waals surface area (Å²) >= 11 is 0. The van der Waals surface area contributed by atoms with Crippen LogP contribution in [0.15, 0.2) is 42.5 Å². The number of anilines is 1. The Morgan fingerprint density at radius 3 is 2.25 bits per heavy atom. The molecule has 0 heterocycles. The highest BCUT2D eigenvalue weighted by atomic mass is 16.5. The Morgan fingerprint density at radius 2 is 1.61 bits per heavy atom. The van der Waals surface area contributed by atoms with E-state index in [4.69, 9.17) is 9.47 Å². The van der Waals surface area contributed by atoms with Crippen LogP contribution in [0.5, 0.6) is 11.5 Å². The van der Waals surface area contributed by atoms with Crippen molar-refractivity contribution in [2.24, 2.45) is 0 Å². The molecule has 0 aliphatic rings. The van der Waals surface area contributed by atoms with Gasteiger partial charge in [-0.05, 0) is 41.2 Å². The van der Waals surface area contributed by atoms with Crippen molar-refractivity contribution in [3.8, 4) is 11.5 Å². The Balaban J connectivity index is 1.93. The molecule has 0 spiro atoms. The Labute approximate surface area is 166 Å². The van der Waals surface area contributed by atoms with Crippen LogP contribution in [0.25, 0.3) is 0 Å². The number of benzene rings is 2. The fourth-order valence-electron chi connectivity index (χ4n) is 2.86. The first-order valence-electron chi connectivity index (χ1n) is 9.16. The van der Waals surface area contributed by atoms with Crippen LogP contribution in [-0.2, 0) is 21.4 Å². The highest BCUT2D eigenvalue weighted by Crippen LogP contribution is 2.29. The molecular weight excluding hydrogens is 356 g/mol. The van der Waals surface area contributed by atoms with E-state index < -0.39 is 11.8 Å². The summed E-state index contributed by atoms with van der Waals surface area (Å²) in [4.78, 5) is 24.4. The SMILES string of the molecule is COc1ccc(CCNC(=O)C(=O)Nc2ccccc2C(C)(C)C)cc1OC. The third-order valence-corrected chi connectivity index (χ3v) is 4.34. The molecule has 2 amide bonds. The predicted octanol–water partition coefficient (Wildman–Crippen LogP) is 3.30. The number of carbonyl (C=O) groups is 2. The first-order chi connectivity index (χ1) is 13.3. The van der Waals surface area contributed by atoms with E-state index in [0.29, 0.717) is 30.2 Å². The number of ether oxygens (including phenoxy) is 2. The second-order valence-electron chi connectivity index (χ2n) is 7.44. The van der Waals surface area contributed by atoms with E-state index in [1.165, 1.54) is 0 Å². The Bertz CT molecular complexity index is 841. The Hall–Kier alpha value is -3.02. The molecule has 0 aromatic heterocycles. The predicted molar refractivity (Wildman–Crippen MR) is 110 cm³/mol. The molecule has 2 aromatic rings. The number of hydrogen-bond acceptors (Lipinski definition) is 4. The van der Waals surface area contributed by atoms with Gasteiger partial charge in [-0.2, -0.15) is 0 Å². The molecule has 0 bridgehead atoms. The van der Waals surface area contributed by atoms with Gasteiger partial charge in [-0.15, -0.1) is 0 Å². The van der Waals surface area contributed by atoms with Crippen LogP contribution in [0.2, 0.25) is 0 Å². The van der Waals surface area contributed by atoms with Crippen molar-refractivity contribution in [3.63, 3.8) is 0 Å². The van der Waals surface area contributed by atoms with Crippen molar-refractivity contribution in [3.05, 3.63) is 53.6 Å². The molecule has 0 radical (unpaired) electrons. The van der Waals surface area contributed by atoms with E-state index >= 15 is 0 Å². The normalized spacial score (nSPS) is 10.9. The molecule has 2 rings (SSSR count). The van der Waals surface area contributed by atoms with Crippen LogP contribution in [0.3, 0.4) is 0 Å². The van der Waals surface area contributed by atoms with Crippen molar-refractivity contribution in [1.82, 2.24) is 5.32 Å². The topological polar surface area (TPSA) is 76.7 Å². The van der Waals surface area contributed by atoms with Crippen molar-refractivity contribution in [2.75, 3.05) is 26.1 Å². The highest BCUT2D eigenvalue weighted by molar-refractivity contribution is 6.39. The Kier molecular flexibility index (Phi) is 7.04. The fourth-order valence-corrected chi connectivity index (χ4v) is 2.86. The number of hydrogen-bond donors (Lipinski definition) is 2. The molecule has 0 unspecified atom stereocenters. The fraction of sp³-hybridized carbons (Fsp3) is 0.364. The van der Waals surface area contributed by atoms with Crippen molar-refractivity contribution in [2.45, 2.75) is 32.6 Å². The van der Waals surface area contributed by atoms with Gasteiger partial charge in [0.2, 0.25) is 0 Å². The zero-order valence-corrected chi connectivity index (χ0v) is 17.1. The van der Waals surface area contributed by atoms with Crippen LogP contribution in [-0.4, -0.2) is 32.6 Å². The maximum Gasteiger partial charge on any atom is 0.313 e. The van der Waals surface area contributed by atoms with Gasteiger partial charge in [-0.1, -0.05) is 45.0 Å². The molecule has 150 valence electrons. The van der Waals surface area contributed by atoms with Gasteiger partial charge < -0.3 is 20.1 Å². The van der Waals surface area contributed by atoms with Crippen molar-refractivity contribution in [1.29, 1.82) is 0 Å². The third kappa shape index (κ3) is 5.49. The van der Waals surface area contributed by atoms with Gasteiger partial charge in [-0.3, -0.25) is 9.59 Å². The maximum absolute atomic E-state index is 12.3. The van der Waals surface area contributed by atoms with E-state index in [0.717, 1.165) is 11.1 Å². The number of nitrogens with one attached hydrogen (secondary N) is 2. The van der Waals surface area contributed by atoms with Crippen molar-refractivity contribution < 1.29 is 19.1 Å². The molecule has 2 N–H and O–H groups in total. The van der Waals surface area contributed by atoms with Crippen molar-refractivity contribution >= 4 is 17.5 Å². The summed E-state index contributed by atoms with van der Waals surface area (Å²) in [5.74, 6) is -0.0664. The second kappa shape index (κ2) is 9.26. The smallest absolute Gasteiger partial charge is 0.313 e. The zero-order chi connectivity index (χ0) is 20.7. The van der Waals surface area contributed by atoms with E-state index in [9.17, 15) is 9.59 Å². The van der Waals surface area contributed by atoms with Gasteiger partial charge in [0.05, 0.1) is 14.2 Å². The van der Waals surface area contributed by atoms with E-state index in [-0.39, 0.29) is 5.41 Å². The van der Waals surface area contributed by atoms with Crippen LogP contribution in [0.4, 0.5) is 5.69 Å². The molecule has 0 saturated heterocycles. The quantitative estimate of drug-likeness (QED) is 0.749. The molecular formula is C22H28N2O4. The summed E-state index contributed by atoms with van der Waals surface area (Å²) < 4.78 is 10.5. The monoisotopic (exact) mass is 384 g/mol. The van der Waals surface area contributed by atoms with Crippen LogP contribution < -0.4 is 20.1 Å². The number of carbonyl (C=O) groups excluding carboxylic acids is 2. The number of methoxy groups -OCH3 is 2. The van der Waals surface area contributed by atoms with Crippen LogP contribution in [0, 0.1) is 0 Å². The van der Waals surface area contributed by atoms with Gasteiger partial charge in [0.1, 0.15) is 0 Å². The molecule has 28 heavy (non-hydrogen) atoms. The molecule has 0 atom stereocenters. The molecule has 0 fully saturated rings. The lowest BCUT2D eigenvalue weighted by Gasteiger charge is -2.22. The lowest BCUT2D eigenvalue weighted by Crippen LogP contribution is -2.37. The van der Waals surface area contributed by atoms with Gasteiger partial charge in [0, 0.05) is 12.2 Å². The molecule has 0 aliphatic carbocycles. The summed E-state index contributed by atoms with van der Waals surface area (Å²) in [6, 6.07) is 13.1. The standard InChI is InChI=1S/C22H28N2O4/c1-22(2,3)16-8-6-7-9-17(16)24-21(26)20(25)23-13-12-15-10-11-18(27-4)19(14-15)28-5/h6-11,14H,12-13H2,1-5H3,(H,23,25)(H,24,26).